The van der Waals surface area contributed by atoms with Crippen LogP contribution in [0.5, 0.6) is 0 Å². The summed E-state index contributed by atoms with van der Waals surface area (Å²) in [6.45, 7) is 2.86. The van der Waals surface area contributed by atoms with Crippen molar-refractivity contribution >= 4 is 17.4 Å². The lowest BCUT2D eigenvalue weighted by atomic mass is 10.4. The number of rotatable bonds is 1. The molecule has 3 nitrogen and oxygen atoms in total. The molecule has 1 fully saturated rings. The minimum Gasteiger partial charge on any atom is -0.378 e. The number of nitrogens with zero attached hydrogens (tertiary/aromatic N) is 2. The number of ether oxygens (including phenoxy) is 1. The van der Waals surface area contributed by atoms with E-state index in [2.05, 4.69) is 0 Å². The van der Waals surface area contributed by atoms with E-state index < -0.39 is 0 Å². The molecule has 0 unspecified atom stereocenters. The van der Waals surface area contributed by atoms with Crippen LogP contribution in [-0.4, -0.2) is 42.9 Å². The molecule has 1 heterocycles. The van der Waals surface area contributed by atoms with Crippen LogP contribution in [0, 0.1) is 0 Å². The summed E-state index contributed by atoms with van der Waals surface area (Å²) in [5, 5.41) is 9.14. The SMILES string of the molecule is [N]=C(CCl)N1CCOCC1. The van der Waals surface area contributed by atoms with Crippen molar-refractivity contribution in [3.8, 4) is 0 Å². The minimum absolute atomic E-state index is 0.194. The summed E-state index contributed by atoms with van der Waals surface area (Å²) in [6, 6.07) is 0. The predicted molar refractivity (Wildman–Crippen MR) is 40.3 cm³/mol. The molecule has 0 aromatic rings. The first-order chi connectivity index (χ1) is 4.84. The molecule has 1 radical (unpaired) electrons. The number of halogens is 1. The van der Waals surface area contributed by atoms with Gasteiger partial charge in [-0.15, -0.1) is 17.0 Å². The summed E-state index contributed by atoms with van der Waals surface area (Å²) in [5.41, 5.74) is 0. The zero-order valence-electron chi connectivity index (χ0n) is 5.72. The number of morpholine rings is 1. The molecular weight excluding hydrogens is 152 g/mol. The van der Waals surface area contributed by atoms with E-state index in [-0.39, 0.29) is 11.7 Å². The molecule has 0 aromatic heterocycles. The second kappa shape index (κ2) is 3.78. The lowest BCUT2D eigenvalue weighted by Gasteiger charge is -2.27. The first-order valence-corrected chi connectivity index (χ1v) is 3.81. The molecule has 57 valence electrons. The smallest absolute Gasteiger partial charge is 0.142 e. The third-order valence-corrected chi connectivity index (χ3v) is 1.73. The van der Waals surface area contributed by atoms with Crippen LogP contribution < -0.4 is 5.41 Å². The van der Waals surface area contributed by atoms with E-state index in [0.29, 0.717) is 13.2 Å². The van der Waals surface area contributed by atoms with Crippen LogP contribution in [0.4, 0.5) is 0 Å². The van der Waals surface area contributed by atoms with E-state index in [1.165, 1.54) is 0 Å². The van der Waals surface area contributed by atoms with Gasteiger partial charge in [-0.25, -0.2) is 0 Å². The molecule has 0 aromatic carbocycles. The van der Waals surface area contributed by atoms with E-state index in [4.69, 9.17) is 21.7 Å². The monoisotopic (exact) mass is 161 g/mol. The van der Waals surface area contributed by atoms with Crippen molar-refractivity contribution < 1.29 is 4.74 Å². The zero-order chi connectivity index (χ0) is 7.40. The Morgan fingerprint density at radius 2 is 2.10 bits per heavy atom. The van der Waals surface area contributed by atoms with Crippen molar-refractivity contribution in [2.45, 2.75) is 0 Å². The van der Waals surface area contributed by atoms with E-state index in [0.717, 1.165) is 13.1 Å². The average molecular weight is 162 g/mol. The molecule has 1 saturated heterocycles. The van der Waals surface area contributed by atoms with Crippen LogP contribution >= 0.6 is 11.6 Å². The topological polar surface area (TPSA) is 34.8 Å². The van der Waals surface area contributed by atoms with E-state index in [1.807, 2.05) is 4.90 Å². The molecule has 1 aliphatic rings. The van der Waals surface area contributed by atoms with Crippen molar-refractivity contribution in [3.63, 3.8) is 0 Å². The highest BCUT2D eigenvalue weighted by Crippen LogP contribution is 1.97. The van der Waals surface area contributed by atoms with Crippen LogP contribution in [0.1, 0.15) is 0 Å². The van der Waals surface area contributed by atoms with Gasteiger partial charge in [0.15, 0.2) is 0 Å². The quantitative estimate of drug-likeness (QED) is 0.302. The summed E-state index contributed by atoms with van der Waals surface area (Å²) in [4.78, 5) is 1.83. The second-order valence-electron chi connectivity index (χ2n) is 2.15. The Morgan fingerprint density at radius 3 is 2.60 bits per heavy atom. The minimum atomic E-state index is 0.194. The Morgan fingerprint density at radius 1 is 1.50 bits per heavy atom. The van der Waals surface area contributed by atoms with Gasteiger partial charge in [-0.2, -0.15) is 0 Å². The third-order valence-electron chi connectivity index (χ3n) is 1.50. The van der Waals surface area contributed by atoms with Crippen molar-refractivity contribution in [1.82, 2.24) is 10.3 Å². The van der Waals surface area contributed by atoms with Crippen molar-refractivity contribution in [2.75, 3.05) is 32.2 Å². The summed E-state index contributed by atoms with van der Waals surface area (Å²) >= 11 is 5.42. The van der Waals surface area contributed by atoms with Gasteiger partial charge in [-0.1, -0.05) is 0 Å². The maximum Gasteiger partial charge on any atom is 0.142 e. The standard InChI is InChI=1S/C6H10ClN2O/c7-5-6(8)9-1-3-10-4-2-9/h1-5H2. The third kappa shape index (κ3) is 1.85. The van der Waals surface area contributed by atoms with Crippen LogP contribution in [-0.2, 0) is 4.74 Å². The van der Waals surface area contributed by atoms with Crippen LogP contribution in [0.15, 0.2) is 0 Å². The number of hydrogen-bond donors (Lipinski definition) is 0. The lowest BCUT2D eigenvalue weighted by molar-refractivity contribution is 0.0679. The largest absolute Gasteiger partial charge is 0.378 e. The lowest BCUT2D eigenvalue weighted by Crippen LogP contribution is -2.41. The van der Waals surface area contributed by atoms with E-state index in [1.54, 1.807) is 0 Å². The van der Waals surface area contributed by atoms with Gasteiger partial charge in [0, 0.05) is 13.1 Å². The molecule has 0 aliphatic carbocycles. The highest BCUT2D eigenvalue weighted by Gasteiger charge is 2.12. The molecule has 0 spiro atoms. The predicted octanol–water partition coefficient (Wildman–Crippen LogP) is -0.244. The molecule has 10 heavy (non-hydrogen) atoms. The van der Waals surface area contributed by atoms with Crippen molar-refractivity contribution in [2.24, 2.45) is 0 Å². The average Bonchev–Trinajstić information content (AvgIpc) is 2.05. The molecule has 0 saturated carbocycles. The van der Waals surface area contributed by atoms with Gasteiger partial charge in [0.2, 0.25) is 0 Å². The zero-order valence-corrected chi connectivity index (χ0v) is 6.47. The number of alkyl halides is 1. The number of amidine groups is 1. The Balaban J connectivity index is 2.31. The fraction of sp³-hybridized carbons (Fsp3) is 0.833. The fourth-order valence-corrected chi connectivity index (χ4v) is 1.08. The molecule has 0 amide bonds. The van der Waals surface area contributed by atoms with Gasteiger partial charge in [-0.3, -0.25) is 0 Å². The van der Waals surface area contributed by atoms with Gasteiger partial charge in [0.05, 0.1) is 19.1 Å². The van der Waals surface area contributed by atoms with Crippen LogP contribution in [0.3, 0.4) is 0 Å². The van der Waals surface area contributed by atoms with Gasteiger partial charge < -0.3 is 9.64 Å². The molecule has 4 heteroatoms. The summed E-state index contributed by atoms with van der Waals surface area (Å²) < 4.78 is 5.09. The molecular formula is C6H10ClN2O. The van der Waals surface area contributed by atoms with Crippen molar-refractivity contribution in [3.05, 3.63) is 0 Å². The Labute approximate surface area is 65.4 Å². The summed E-state index contributed by atoms with van der Waals surface area (Å²) in [6.07, 6.45) is 0. The molecule has 1 aliphatic heterocycles. The summed E-state index contributed by atoms with van der Waals surface area (Å²) in [7, 11) is 0. The Kier molecular flexibility index (Phi) is 2.96. The highest BCUT2D eigenvalue weighted by molar-refractivity contribution is 6.27. The molecule has 0 atom stereocenters. The Bertz CT molecular complexity index is 123. The fourth-order valence-electron chi connectivity index (χ4n) is 0.906. The van der Waals surface area contributed by atoms with Crippen molar-refractivity contribution in [1.29, 1.82) is 0 Å². The van der Waals surface area contributed by atoms with E-state index in [9.17, 15) is 0 Å². The highest BCUT2D eigenvalue weighted by atomic mass is 35.5. The van der Waals surface area contributed by atoms with Gasteiger partial charge >= 0.3 is 0 Å². The maximum absolute atomic E-state index is 9.14. The second-order valence-corrected chi connectivity index (χ2v) is 2.42. The normalized spacial score (nSPS) is 19.1. The molecule has 0 N–H and O–H groups in total. The van der Waals surface area contributed by atoms with Crippen LogP contribution in [0.2, 0.25) is 0 Å². The van der Waals surface area contributed by atoms with Crippen LogP contribution in [0.25, 0.3) is 0 Å². The van der Waals surface area contributed by atoms with E-state index >= 15 is 0 Å². The Hall–Kier alpha value is -0.280. The van der Waals surface area contributed by atoms with Gasteiger partial charge in [0.25, 0.3) is 0 Å². The summed E-state index contributed by atoms with van der Waals surface area (Å²) in [5.74, 6) is 0.449. The van der Waals surface area contributed by atoms with Gasteiger partial charge in [0.1, 0.15) is 5.84 Å². The first kappa shape index (κ1) is 7.82. The van der Waals surface area contributed by atoms with Gasteiger partial charge in [-0.05, 0) is 0 Å². The first-order valence-electron chi connectivity index (χ1n) is 3.28. The number of hydrogen-bond acceptors (Lipinski definition) is 1. The molecule has 1 rings (SSSR count). The molecule has 0 bridgehead atoms. The maximum atomic E-state index is 9.14.